The number of rotatable bonds is 3. The van der Waals surface area contributed by atoms with Crippen molar-refractivity contribution in [2.24, 2.45) is 4.99 Å². The molecule has 0 unspecified atom stereocenters. The van der Waals surface area contributed by atoms with Crippen LogP contribution in [0.15, 0.2) is 16.9 Å². The Morgan fingerprint density at radius 1 is 1.64 bits per heavy atom. The van der Waals surface area contributed by atoms with Gasteiger partial charge in [-0.2, -0.15) is 8.42 Å². The minimum atomic E-state index is -2.16. The summed E-state index contributed by atoms with van der Waals surface area (Å²) < 4.78 is 21.9. The summed E-state index contributed by atoms with van der Waals surface area (Å²) in [4.78, 5) is 6.39. The minimum absolute atomic E-state index is 0.398. The number of nitrogens with zero attached hydrogens (tertiary/aromatic N) is 2. The van der Waals surface area contributed by atoms with Gasteiger partial charge in [-0.1, -0.05) is 13.3 Å². The molecule has 0 amide bonds. The lowest BCUT2D eigenvalue weighted by Gasteiger charge is -2.16. The Morgan fingerprint density at radius 3 is 2.86 bits per heavy atom. The van der Waals surface area contributed by atoms with E-state index in [1.807, 2.05) is 18.9 Å². The van der Waals surface area contributed by atoms with Gasteiger partial charge in [-0.3, -0.25) is 4.99 Å². The van der Waals surface area contributed by atoms with Gasteiger partial charge in [0.15, 0.2) is 0 Å². The second kappa shape index (κ2) is 4.95. The zero-order chi connectivity index (χ0) is 10.6. The third-order valence-corrected chi connectivity index (χ3v) is 2.72. The maximum Gasteiger partial charge on any atom is 0.219 e. The zero-order valence-corrected chi connectivity index (χ0v) is 9.21. The molecule has 14 heavy (non-hydrogen) atoms. The number of allylic oxidation sites excluding steroid dienone is 1. The average molecular weight is 214 g/mol. The highest BCUT2D eigenvalue weighted by Crippen LogP contribution is 2.09. The van der Waals surface area contributed by atoms with Gasteiger partial charge in [0, 0.05) is 19.5 Å². The fourth-order valence-electron chi connectivity index (χ4n) is 1.23. The molecule has 1 aliphatic rings. The molecule has 0 N–H and O–H groups in total. The highest BCUT2D eigenvalue weighted by Gasteiger charge is 2.10. The molecule has 1 heterocycles. The summed E-state index contributed by atoms with van der Waals surface area (Å²) in [5, 5.41) is 0. The Bertz CT molecular complexity index is 385. The normalized spacial score (nSPS) is 15.3. The first-order valence-electron chi connectivity index (χ1n) is 4.55. The van der Waals surface area contributed by atoms with E-state index in [1.54, 1.807) is 12.4 Å². The van der Waals surface area contributed by atoms with Crippen LogP contribution in [-0.4, -0.2) is 38.0 Å². The van der Waals surface area contributed by atoms with Crippen molar-refractivity contribution in [3.05, 3.63) is 11.9 Å². The molecule has 0 fully saturated rings. The van der Waals surface area contributed by atoms with Gasteiger partial charge in [-0.15, -0.1) is 0 Å². The van der Waals surface area contributed by atoms with E-state index in [0.717, 1.165) is 13.0 Å². The van der Waals surface area contributed by atoms with E-state index in [0.29, 0.717) is 17.0 Å². The molecule has 0 saturated heterocycles. The minimum Gasteiger partial charge on any atom is -0.373 e. The van der Waals surface area contributed by atoms with Crippen LogP contribution in [0.4, 0.5) is 0 Å². The van der Waals surface area contributed by atoms with Crippen LogP contribution < -0.4 is 0 Å². The second-order valence-electron chi connectivity index (χ2n) is 3.17. The van der Waals surface area contributed by atoms with Crippen LogP contribution in [-0.2, 0) is 10.3 Å². The van der Waals surface area contributed by atoms with Gasteiger partial charge in [0.25, 0.3) is 0 Å². The highest BCUT2D eigenvalue weighted by atomic mass is 32.2. The monoisotopic (exact) mass is 214 g/mol. The molecule has 5 heteroatoms. The Labute approximate surface area is 85.5 Å². The summed E-state index contributed by atoms with van der Waals surface area (Å²) in [5.74, 6) is 0. The van der Waals surface area contributed by atoms with Crippen LogP contribution in [0.2, 0.25) is 0 Å². The predicted molar refractivity (Wildman–Crippen MR) is 58.0 cm³/mol. The van der Waals surface area contributed by atoms with Crippen LogP contribution in [0, 0.1) is 0 Å². The van der Waals surface area contributed by atoms with Crippen molar-refractivity contribution in [2.75, 3.05) is 13.6 Å². The smallest absolute Gasteiger partial charge is 0.219 e. The van der Waals surface area contributed by atoms with Crippen molar-refractivity contribution in [1.29, 1.82) is 0 Å². The first-order valence-corrected chi connectivity index (χ1v) is 5.62. The summed E-state index contributed by atoms with van der Waals surface area (Å²) in [6.45, 7) is 2.68. The molecule has 0 aliphatic carbocycles. The molecule has 0 spiro atoms. The van der Waals surface area contributed by atoms with Crippen molar-refractivity contribution in [3.63, 3.8) is 0 Å². The third-order valence-electron chi connectivity index (χ3n) is 1.91. The van der Waals surface area contributed by atoms with E-state index in [4.69, 9.17) is 0 Å². The van der Waals surface area contributed by atoms with Crippen molar-refractivity contribution in [3.8, 4) is 0 Å². The molecular formula is C9H14N2O2S. The number of hydrogen-bond donors (Lipinski definition) is 0. The Hall–Kier alpha value is -1.10. The maximum atomic E-state index is 10.9. The van der Waals surface area contributed by atoms with Crippen molar-refractivity contribution in [2.45, 2.75) is 19.8 Å². The predicted octanol–water partition coefficient (Wildman–Crippen LogP) is 0.696. The van der Waals surface area contributed by atoms with E-state index >= 15 is 0 Å². The molecule has 78 valence electrons. The lowest BCUT2D eigenvalue weighted by molar-refractivity contribution is 0.519. The number of hydrogen-bond acceptors (Lipinski definition) is 4. The summed E-state index contributed by atoms with van der Waals surface area (Å²) in [5.41, 5.74) is 0.564. The molecule has 4 nitrogen and oxygen atoms in total. The van der Waals surface area contributed by atoms with E-state index < -0.39 is 10.3 Å². The molecule has 0 atom stereocenters. The van der Waals surface area contributed by atoms with E-state index in [1.165, 1.54) is 0 Å². The van der Waals surface area contributed by atoms with E-state index in [9.17, 15) is 8.42 Å². The van der Waals surface area contributed by atoms with Gasteiger partial charge < -0.3 is 4.90 Å². The van der Waals surface area contributed by atoms with Crippen LogP contribution in [0.1, 0.15) is 19.8 Å². The quantitative estimate of drug-likeness (QED) is 0.650. The third kappa shape index (κ3) is 2.70. The Balaban J connectivity index is 3.02. The van der Waals surface area contributed by atoms with Crippen LogP contribution in [0.25, 0.3) is 0 Å². The molecule has 1 aliphatic heterocycles. The SMILES string of the molecule is CCCC(C1=CN(C)CC=N1)=S(=O)=O. The molecule has 0 aromatic carbocycles. The molecule has 0 saturated carbocycles. The van der Waals surface area contributed by atoms with E-state index in [2.05, 4.69) is 4.99 Å². The van der Waals surface area contributed by atoms with Crippen molar-refractivity contribution >= 4 is 21.4 Å². The highest BCUT2D eigenvalue weighted by molar-refractivity contribution is 7.73. The summed E-state index contributed by atoms with van der Waals surface area (Å²) in [6.07, 6.45) is 4.84. The topological polar surface area (TPSA) is 49.7 Å². The van der Waals surface area contributed by atoms with Crippen LogP contribution in [0.3, 0.4) is 0 Å². The van der Waals surface area contributed by atoms with Crippen molar-refractivity contribution in [1.82, 2.24) is 4.90 Å². The molecule has 0 aromatic rings. The van der Waals surface area contributed by atoms with Gasteiger partial charge in [-0.05, 0) is 6.42 Å². The first-order chi connectivity index (χ1) is 6.65. The zero-order valence-electron chi connectivity index (χ0n) is 8.40. The largest absolute Gasteiger partial charge is 0.373 e. The van der Waals surface area contributed by atoms with Gasteiger partial charge in [0.05, 0.1) is 17.1 Å². The summed E-state index contributed by atoms with van der Waals surface area (Å²) in [7, 11) is -0.266. The van der Waals surface area contributed by atoms with Crippen LogP contribution >= 0.6 is 0 Å². The summed E-state index contributed by atoms with van der Waals surface area (Å²) >= 11 is 0. The lowest BCUT2D eigenvalue weighted by Crippen LogP contribution is -2.20. The number of aliphatic imine (C=N–C) groups is 1. The van der Waals surface area contributed by atoms with E-state index in [-0.39, 0.29) is 0 Å². The average Bonchev–Trinajstić information content (AvgIpc) is 2.13. The fourth-order valence-corrected chi connectivity index (χ4v) is 1.88. The lowest BCUT2D eigenvalue weighted by atomic mass is 10.2. The molecule has 0 bridgehead atoms. The van der Waals surface area contributed by atoms with Gasteiger partial charge in [-0.25, -0.2) is 0 Å². The second-order valence-corrected chi connectivity index (χ2v) is 4.14. The van der Waals surface area contributed by atoms with Crippen LogP contribution in [0.5, 0.6) is 0 Å². The van der Waals surface area contributed by atoms with Gasteiger partial charge >= 0.3 is 0 Å². The molecule has 0 aromatic heterocycles. The summed E-state index contributed by atoms with van der Waals surface area (Å²) in [6, 6.07) is 0. The fraction of sp³-hybridized carbons (Fsp3) is 0.556. The van der Waals surface area contributed by atoms with Gasteiger partial charge in [0.2, 0.25) is 10.3 Å². The standard InChI is InChI=1S/C9H14N2O2S/c1-3-4-9(14(12)13)8-7-11(2)6-5-10-8/h5,7H,3-4,6H2,1-2H3. The maximum absolute atomic E-state index is 10.9. The molecular weight excluding hydrogens is 200 g/mol. The Kier molecular flexibility index (Phi) is 3.88. The molecule has 0 radical (unpaired) electrons. The van der Waals surface area contributed by atoms with Gasteiger partial charge in [0.1, 0.15) is 0 Å². The molecule has 1 rings (SSSR count). The van der Waals surface area contributed by atoms with Crippen molar-refractivity contribution < 1.29 is 8.42 Å². The Morgan fingerprint density at radius 2 is 2.36 bits per heavy atom. The first kappa shape index (κ1) is 11.0.